The van der Waals surface area contributed by atoms with Crippen LogP contribution in [0.15, 0.2) is 71.8 Å². The number of nitro benzene ring substituents is 1. The number of nitrogens with one attached hydrogen (secondary N) is 3. The summed E-state index contributed by atoms with van der Waals surface area (Å²) in [5.74, 6) is -1.30. The Morgan fingerprint density at radius 3 is 2.53 bits per heavy atom. The van der Waals surface area contributed by atoms with E-state index in [9.17, 15) is 28.4 Å². The van der Waals surface area contributed by atoms with E-state index in [0.717, 1.165) is 69.3 Å². The number of amides is 1. The highest BCUT2D eigenvalue weighted by atomic mass is 32.2. The average molecular weight is 1010 g/mol. The van der Waals surface area contributed by atoms with E-state index in [-0.39, 0.29) is 82.6 Å². The molecule has 3 aliphatic heterocycles. The van der Waals surface area contributed by atoms with E-state index < -0.39 is 42.9 Å². The number of fused-ring (bicyclic) bond motifs is 2. The summed E-state index contributed by atoms with van der Waals surface area (Å²) >= 11 is 0. The zero-order valence-corrected chi connectivity index (χ0v) is 42.1. The van der Waals surface area contributed by atoms with Crippen LogP contribution in [-0.4, -0.2) is 103 Å². The number of ether oxygens (including phenoxy) is 4. The number of hydrogen-bond acceptors (Lipinski definition) is 14. The van der Waals surface area contributed by atoms with Gasteiger partial charge in [0.25, 0.3) is 27.5 Å². The van der Waals surface area contributed by atoms with Crippen LogP contribution in [0, 0.1) is 27.3 Å². The Kier molecular flexibility index (Phi) is 13.6. The van der Waals surface area contributed by atoms with Crippen LogP contribution >= 0.6 is 0 Å². The van der Waals surface area contributed by atoms with Crippen molar-refractivity contribution in [3.05, 3.63) is 99.5 Å². The largest absolute Gasteiger partial charge is 0.489 e. The normalized spacial score (nSPS) is 23.3. The van der Waals surface area contributed by atoms with Crippen molar-refractivity contribution < 1.29 is 46.6 Å². The van der Waals surface area contributed by atoms with Crippen LogP contribution in [0.3, 0.4) is 0 Å². The Morgan fingerprint density at radius 1 is 1.03 bits per heavy atom. The van der Waals surface area contributed by atoms with E-state index in [1.165, 1.54) is 43.2 Å². The van der Waals surface area contributed by atoms with Crippen molar-refractivity contribution >= 4 is 44.0 Å². The van der Waals surface area contributed by atoms with E-state index >= 15 is 4.39 Å². The van der Waals surface area contributed by atoms with Crippen molar-refractivity contribution in [3.63, 3.8) is 0 Å². The molecule has 3 aromatic carbocycles. The standard InChI is InChI=1S/C53H64FN7O10S/c1-32(2)37-8-5-6-9-38(37)43-10-7-19-60(43)35-28-53(29-35)17-20-59(21-18-53)34-11-12-39(45(24-34)71-47-27-40-41(54)30-55-49(40)57-51(47)69-23-22-68-4)50(62)58-72(66,67)36-25-44(61(64)65)48-46(26-36)70-31-42(56-48)33-13-15-52(3,63)16-14-33/h5-6,8-9,11-12,24-27,30,32-33,35,42-43,56,63H,7,10,13-23,28-29,31H2,1-4H3,(H,55,57)(H,58,62)/t33?,42-,43-,52?/m1/s1. The van der Waals surface area contributed by atoms with Crippen molar-refractivity contribution in [3.8, 4) is 23.1 Å². The molecule has 4 fully saturated rings. The lowest BCUT2D eigenvalue weighted by Crippen LogP contribution is -2.54. The third-order valence-corrected chi connectivity index (χ3v) is 17.3. The molecule has 0 bridgehead atoms. The van der Waals surface area contributed by atoms with E-state index in [0.29, 0.717) is 43.7 Å². The fraction of sp³-hybridized carbons (Fsp3) is 0.509. The number of carbonyl (C=O) groups excluding carboxylic acids is 1. The Morgan fingerprint density at radius 2 is 1.79 bits per heavy atom. The van der Waals surface area contributed by atoms with Crippen molar-refractivity contribution in [1.29, 1.82) is 0 Å². The number of hydrogen-bond donors (Lipinski definition) is 4. The molecule has 5 aromatic rings. The lowest BCUT2D eigenvalue weighted by Gasteiger charge is -2.56. The molecule has 17 nitrogen and oxygen atoms in total. The maximum absolute atomic E-state index is 15.0. The summed E-state index contributed by atoms with van der Waals surface area (Å²) in [6, 6.07) is 17.9. The van der Waals surface area contributed by atoms with Gasteiger partial charge in [-0.05, 0) is 118 Å². The first-order chi connectivity index (χ1) is 34.5. The number of nitro groups is 1. The van der Waals surface area contributed by atoms with Crippen LogP contribution in [0.4, 0.5) is 21.5 Å². The van der Waals surface area contributed by atoms with E-state index in [4.69, 9.17) is 18.9 Å². The number of carbonyl (C=O) groups is 1. The molecule has 0 radical (unpaired) electrons. The molecule has 5 heterocycles. The molecule has 5 aliphatic rings. The summed E-state index contributed by atoms with van der Waals surface area (Å²) in [6.07, 6.45) is 10.3. The van der Waals surface area contributed by atoms with Gasteiger partial charge in [0.05, 0.1) is 39.0 Å². The number of rotatable bonds is 15. The zero-order chi connectivity index (χ0) is 50.5. The molecule has 4 N–H and O–H groups in total. The highest BCUT2D eigenvalue weighted by Crippen LogP contribution is 2.54. The Balaban J connectivity index is 0.898. The minimum Gasteiger partial charge on any atom is -0.489 e. The Labute approximate surface area is 419 Å². The lowest BCUT2D eigenvalue weighted by atomic mass is 9.59. The van der Waals surface area contributed by atoms with Gasteiger partial charge >= 0.3 is 0 Å². The molecule has 1 amide bonds. The fourth-order valence-corrected chi connectivity index (χ4v) is 12.9. The van der Waals surface area contributed by atoms with Crippen molar-refractivity contribution in [2.45, 2.75) is 120 Å². The number of pyridine rings is 1. The molecule has 72 heavy (non-hydrogen) atoms. The summed E-state index contributed by atoms with van der Waals surface area (Å²) in [4.78, 5) is 37.8. The number of benzene rings is 3. The van der Waals surface area contributed by atoms with Gasteiger partial charge in [-0.3, -0.25) is 19.8 Å². The monoisotopic (exact) mass is 1010 g/mol. The summed E-state index contributed by atoms with van der Waals surface area (Å²) in [6.45, 7) is 9.33. The highest BCUT2D eigenvalue weighted by molar-refractivity contribution is 7.90. The molecule has 2 saturated heterocycles. The van der Waals surface area contributed by atoms with Crippen molar-refractivity contribution in [1.82, 2.24) is 19.6 Å². The minimum atomic E-state index is -4.77. The third kappa shape index (κ3) is 9.92. The average Bonchev–Trinajstić information content (AvgIpc) is 3.98. The number of aromatic nitrogens is 2. The molecule has 384 valence electrons. The predicted molar refractivity (Wildman–Crippen MR) is 269 cm³/mol. The van der Waals surface area contributed by atoms with Gasteiger partial charge in [-0.15, -0.1) is 0 Å². The quantitative estimate of drug-likeness (QED) is 0.0438. The second-order valence-electron chi connectivity index (χ2n) is 21.1. The first-order valence-corrected chi connectivity index (χ1v) is 26.7. The number of aliphatic hydroxyl groups is 1. The summed E-state index contributed by atoms with van der Waals surface area (Å²) in [5, 5.41) is 26.3. The van der Waals surface area contributed by atoms with E-state index in [1.807, 2.05) is 0 Å². The van der Waals surface area contributed by atoms with Crippen LogP contribution in [0.5, 0.6) is 23.1 Å². The van der Waals surface area contributed by atoms with Gasteiger partial charge in [-0.2, -0.15) is 4.98 Å². The molecule has 0 unspecified atom stereocenters. The number of piperidine rings is 1. The maximum Gasteiger partial charge on any atom is 0.297 e. The summed E-state index contributed by atoms with van der Waals surface area (Å²) in [5.41, 5.74) is 2.61. The number of H-pyrrole nitrogens is 1. The molecule has 1 spiro atoms. The molecule has 2 aromatic heterocycles. The minimum absolute atomic E-state index is 0.0225. The van der Waals surface area contributed by atoms with Crippen LogP contribution in [0.25, 0.3) is 11.0 Å². The number of anilines is 2. The SMILES string of the molecule is COCCOc1nc2[nH]cc(F)c2cc1Oc1cc(N2CCC3(CC2)CC(N2CCC[C@@H]2c2ccccc2C(C)C)C3)ccc1C(=O)NS(=O)(=O)c1cc2c(c([N+](=O)[O-])c1)N[C@@H](C1CCC(C)(O)CC1)CO2. The number of aromatic amines is 1. The summed E-state index contributed by atoms with van der Waals surface area (Å²) < 4.78 is 68.9. The molecule has 2 aliphatic carbocycles. The second-order valence-corrected chi connectivity index (χ2v) is 22.8. The number of methoxy groups -OCH3 is 1. The molecular formula is C53H64FN7O10S. The Bertz CT molecular complexity index is 2960. The van der Waals surface area contributed by atoms with Crippen molar-refractivity contribution in [2.24, 2.45) is 11.3 Å². The highest BCUT2D eigenvalue weighted by Gasteiger charge is 2.50. The second kappa shape index (κ2) is 19.8. The molecular weight excluding hydrogens is 946 g/mol. The molecule has 19 heteroatoms. The topological polar surface area (TPSA) is 211 Å². The van der Waals surface area contributed by atoms with E-state index in [2.05, 4.69) is 67.9 Å². The number of likely N-dealkylation sites (tertiary alicyclic amines) is 1. The molecule has 10 rings (SSSR count). The number of sulfonamides is 1. The van der Waals surface area contributed by atoms with Crippen LogP contribution in [-0.2, 0) is 14.8 Å². The van der Waals surface area contributed by atoms with E-state index in [1.54, 1.807) is 19.1 Å². The van der Waals surface area contributed by atoms with Gasteiger partial charge in [0.1, 0.15) is 30.4 Å². The van der Waals surface area contributed by atoms with Crippen LogP contribution in [0.2, 0.25) is 0 Å². The Hall–Kier alpha value is -6.02. The van der Waals surface area contributed by atoms with Gasteiger partial charge in [0.15, 0.2) is 17.2 Å². The fourth-order valence-electron chi connectivity index (χ4n) is 11.9. The first-order valence-electron chi connectivity index (χ1n) is 25.2. The molecule has 2 atom stereocenters. The van der Waals surface area contributed by atoms with Crippen LogP contribution in [0.1, 0.15) is 118 Å². The van der Waals surface area contributed by atoms with Gasteiger partial charge in [-0.1, -0.05) is 38.1 Å². The predicted octanol–water partition coefficient (Wildman–Crippen LogP) is 9.37. The van der Waals surface area contributed by atoms with Crippen molar-refractivity contribution in [2.75, 3.05) is 56.8 Å². The number of nitrogens with zero attached hydrogens (tertiary/aromatic N) is 4. The van der Waals surface area contributed by atoms with Gasteiger partial charge in [0.2, 0.25) is 0 Å². The number of halogens is 1. The lowest BCUT2D eigenvalue weighted by molar-refractivity contribution is -0.384. The first kappa shape index (κ1) is 49.6. The smallest absolute Gasteiger partial charge is 0.297 e. The van der Waals surface area contributed by atoms with Gasteiger partial charge in [-0.25, -0.2) is 17.5 Å². The summed E-state index contributed by atoms with van der Waals surface area (Å²) in [7, 11) is -3.26. The maximum atomic E-state index is 15.0. The van der Waals surface area contributed by atoms with Gasteiger partial charge in [0, 0.05) is 68.4 Å². The molecule has 2 saturated carbocycles. The third-order valence-electron chi connectivity index (χ3n) is 16.0. The van der Waals surface area contributed by atoms with Gasteiger partial charge < -0.3 is 39.3 Å². The van der Waals surface area contributed by atoms with Crippen LogP contribution < -0.4 is 29.1 Å². The zero-order valence-electron chi connectivity index (χ0n) is 41.2.